The molecule has 0 radical (unpaired) electrons. The molecule has 0 saturated carbocycles. The van der Waals surface area contributed by atoms with Crippen LogP contribution in [0.3, 0.4) is 0 Å². The van der Waals surface area contributed by atoms with E-state index in [1.807, 2.05) is 13.8 Å². The third-order valence-electron chi connectivity index (χ3n) is 4.20. The maximum atomic E-state index is 12.1. The van der Waals surface area contributed by atoms with E-state index < -0.39 is 26.5 Å². The normalized spacial score (nSPS) is 17.2. The summed E-state index contributed by atoms with van der Waals surface area (Å²) in [5.41, 5.74) is 0. The Kier molecular flexibility index (Phi) is 7.11. The van der Waals surface area contributed by atoms with Gasteiger partial charge in [0.05, 0.1) is 0 Å². The average molecular weight is 302 g/mol. The number of hydrogen-bond acceptors (Lipinski definition) is 4. The summed E-state index contributed by atoms with van der Waals surface area (Å²) in [5.74, 6) is -0.427. The van der Waals surface area contributed by atoms with Crippen LogP contribution >= 0.6 is 0 Å². The molecule has 118 valence electrons. The summed E-state index contributed by atoms with van der Waals surface area (Å²) >= 11 is 0. The summed E-state index contributed by atoms with van der Waals surface area (Å²) in [6, 6.07) is 0. The predicted octanol–water partition coefficient (Wildman–Crippen LogP) is 3.55. The third-order valence-corrected chi connectivity index (χ3v) is 8.76. The van der Waals surface area contributed by atoms with Gasteiger partial charge in [0.2, 0.25) is 0 Å². The number of esters is 1. The molecule has 4 nitrogen and oxygen atoms in total. The minimum atomic E-state index is -2.02. The van der Waals surface area contributed by atoms with Crippen LogP contribution in [0.5, 0.6) is 0 Å². The molecule has 3 atom stereocenters. The monoisotopic (exact) mass is 302 g/mol. The largest absolute Gasteiger partial charge is 0.453 e. The molecule has 0 fully saturated rings. The van der Waals surface area contributed by atoms with Crippen molar-refractivity contribution in [2.45, 2.75) is 78.3 Å². The van der Waals surface area contributed by atoms with Crippen LogP contribution in [0.15, 0.2) is 0 Å². The molecule has 0 aliphatic rings. The number of rotatable bonds is 7. The predicted molar refractivity (Wildman–Crippen MR) is 83.1 cm³/mol. The van der Waals surface area contributed by atoms with Crippen LogP contribution in [0.4, 0.5) is 0 Å². The Morgan fingerprint density at radius 1 is 1.25 bits per heavy atom. The van der Waals surface area contributed by atoms with E-state index in [9.17, 15) is 9.59 Å². The minimum Gasteiger partial charge on any atom is -0.453 e. The van der Waals surface area contributed by atoms with Gasteiger partial charge in [-0.1, -0.05) is 34.6 Å². The van der Waals surface area contributed by atoms with E-state index >= 15 is 0 Å². The molecule has 0 aromatic rings. The van der Waals surface area contributed by atoms with E-state index in [0.717, 1.165) is 6.42 Å². The summed E-state index contributed by atoms with van der Waals surface area (Å²) in [5, 5.41) is 0.0301. The van der Waals surface area contributed by atoms with E-state index in [2.05, 4.69) is 33.9 Å². The van der Waals surface area contributed by atoms with E-state index in [-0.39, 0.29) is 11.0 Å². The van der Waals surface area contributed by atoms with Crippen molar-refractivity contribution >= 4 is 20.6 Å². The van der Waals surface area contributed by atoms with Crippen molar-refractivity contribution in [3.8, 4) is 0 Å². The Morgan fingerprint density at radius 3 is 2.10 bits per heavy atom. The van der Waals surface area contributed by atoms with Crippen molar-refractivity contribution in [2.75, 3.05) is 0 Å². The number of hydrogen-bond donors (Lipinski definition) is 0. The van der Waals surface area contributed by atoms with Gasteiger partial charge < -0.3 is 9.16 Å². The Balaban J connectivity index is 4.68. The van der Waals surface area contributed by atoms with E-state index in [0.29, 0.717) is 6.29 Å². The van der Waals surface area contributed by atoms with Crippen molar-refractivity contribution in [3.63, 3.8) is 0 Å². The lowest BCUT2D eigenvalue weighted by Crippen LogP contribution is -2.46. The molecule has 0 amide bonds. The number of ether oxygens (including phenoxy) is 1. The smallest absolute Gasteiger partial charge is 0.334 e. The topological polar surface area (TPSA) is 52.6 Å². The lowest BCUT2D eigenvalue weighted by Gasteiger charge is -2.38. The third kappa shape index (κ3) is 5.36. The van der Waals surface area contributed by atoms with Gasteiger partial charge in [-0.25, -0.2) is 4.79 Å². The molecule has 0 spiro atoms. The van der Waals surface area contributed by atoms with Crippen LogP contribution in [0.25, 0.3) is 0 Å². The number of carbonyl (C=O) groups excluding carboxylic acids is 2. The summed E-state index contributed by atoms with van der Waals surface area (Å²) in [7, 11) is -2.02. The Hall–Kier alpha value is -0.683. The molecule has 1 unspecified atom stereocenters. The van der Waals surface area contributed by atoms with Gasteiger partial charge in [-0.05, 0) is 37.4 Å². The first kappa shape index (κ1) is 19.3. The van der Waals surface area contributed by atoms with Gasteiger partial charge in [0.25, 0.3) is 0 Å². The first-order valence-corrected chi connectivity index (χ1v) is 10.2. The molecule has 20 heavy (non-hydrogen) atoms. The van der Waals surface area contributed by atoms with Crippen LogP contribution in [-0.2, 0) is 18.8 Å². The summed E-state index contributed by atoms with van der Waals surface area (Å²) in [4.78, 5) is 23.1. The van der Waals surface area contributed by atoms with Gasteiger partial charge in [-0.3, -0.25) is 4.79 Å². The molecule has 0 heterocycles. The molecule has 0 aliphatic carbocycles. The zero-order chi connectivity index (χ0) is 16.1. The minimum absolute atomic E-state index is 0.0246. The standard InChI is InChI=1S/C15H30O4Si/c1-9-11(2)13(10-16)18-14(17)12(3)19-20(7,8)15(4,5)6/h10-13H,9H2,1-8H3/t11?,12-,13+/m0/s1. The summed E-state index contributed by atoms with van der Waals surface area (Å²) < 4.78 is 11.2. The molecule has 5 heteroatoms. The number of carbonyl (C=O) groups is 2. The zero-order valence-corrected chi connectivity index (χ0v) is 15.1. The molecule has 0 saturated heterocycles. The molecule has 0 bridgehead atoms. The molecular weight excluding hydrogens is 272 g/mol. The Bertz CT molecular complexity index is 333. The lowest BCUT2D eigenvalue weighted by atomic mass is 10.0. The summed E-state index contributed by atoms with van der Waals surface area (Å²) in [6.45, 7) is 16.1. The fourth-order valence-corrected chi connectivity index (χ4v) is 2.74. The van der Waals surface area contributed by atoms with Crippen molar-refractivity contribution in [2.24, 2.45) is 5.92 Å². The lowest BCUT2D eigenvalue weighted by molar-refractivity contribution is -0.161. The van der Waals surface area contributed by atoms with Gasteiger partial charge in [-0.2, -0.15) is 0 Å². The Labute approximate surface area is 124 Å². The van der Waals surface area contributed by atoms with Crippen LogP contribution in [0, 0.1) is 5.92 Å². The molecule has 0 aromatic heterocycles. The van der Waals surface area contributed by atoms with Crippen molar-refractivity contribution in [1.82, 2.24) is 0 Å². The molecule has 0 N–H and O–H groups in total. The van der Waals surface area contributed by atoms with Crippen LogP contribution in [0.2, 0.25) is 18.1 Å². The van der Waals surface area contributed by atoms with E-state index in [1.165, 1.54) is 0 Å². The van der Waals surface area contributed by atoms with Crippen LogP contribution in [0.1, 0.15) is 48.0 Å². The molecule has 0 rings (SSSR count). The highest BCUT2D eigenvalue weighted by molar-refractivity contribution is 6.74. The van der Waals surface area contributed by atoms with Gasteiger partial charge in [0.15, 0.2) is 20.7 Å². The number of aldehydes is 1. The van der Waals surface area contributed by atoms with E-state index in [1.54, 1.807) is 6.92 Å². The van der Waals surface area contributed by atoms with Gasteiger partial charge in [0, 0.05) is 0 Å². The fraction of sp³-hybridized carbons (Fsp3) is 0.867. The first-order valence-electron chi connectivity index (χ1n) is 7.29. The quantitative estimate of drug-likeness (QED) is 0.410. The molecule has 0 aromatic carbocycles. The summed E-state index contributed by atoms with van der Waals surface area (Å²) in [6.07, 6.45) is 0.166. The molecular formula is C15H30O4Si. The first-order chi connectivity index (χ1) is 8.96. The maximum absolute atomic E-state index is 12.1. The van der Waals surface area contributed by atoms with Gasteiger partial charge in [-0.15, -0.1) is 0 Å². The average Bonchev–Trinajstić information content (AvgIpc) is 2.32. The van der Waals surface area contributed by atoms with Crippen LogP contribution in [-0.4, -0.2) is 32.8 Å². The van der Waals surface area contributed by atoms with Crippen molar-refractivity contribution in [3.05, 3.63) is 0 Å². The molecule has 0 aliphatic heterocycles. The van der Waals surface area contributed by atoms with Crippen molar-refractivity contribution < 1.29 is 18.8 Å². The second-order valence-corrected chi connectivity index (χ2v) is 11.7. The maximum Gasteiger partial charge on any atom is 0.334 e. The van der Waals surface area contributed by atoms with Gasteiger partial charge >= 0.3 is 5.97 Å². The van der Waals surface area contributed by atoms with Crippen molar-refractivity contribution in [1.29, 1.82) is 0 Å². The van der Waals surface area contributed by atoms with Crippen LogP contribution < -0.4 is 0 Å². The SMILES string of the molecule is CCC(C)[C@@H](C=O)OC(=O)[C@H](C)O[Si](C)(C)C(C)(C)C. The highest BCUT2D eigenvalue weighted by atomic mass is 28.4. The second-order valence-electron chi connectivity index (χ2n) is 6.94. The van der Waals surface area contributed by atoms with E-state index in [4.69, 9.17) is 9.16 Å². The Morgan fingerprint density at radius 2 is 1.75 bits per heavy atom. The fourth-order valence-electron chi connectivity index (χ4n) is 1.41. The van der Waals surface area contributed by atoms with Gasteiger partial charge in [0.1, 0.15) is 6.10 Å². The highest BCUT2D eigenvalue weighted by Crippen LogP contribution is 2.37. The second kappa shape index (κ2) is 7.36. The zero-order valence-electron chi connectivity index (χ0n) is 14.1. The highest BCUT2D eigenvalue weighted by Gasteiger charge is 2.40.